The fourth-order valence-electron chi connectivity index (χ4n) is 2.40. The third-order valence-electron chi connectivity index (χ3n) is 3.56. The summed E-state index contributed by atoms with van der Waals surface area (Å²) in [6.45, 7) is 4.93. The zero-order valence-electron chi connectivity index (χ0n) is 12.0. The maximum Gasteiger partial charge on any atom is 0.161 e. The summed E-state index contributed by atoms with van der Waals surface area (Å²) in [5.41, 5.74) is 3.65. The molecule has 4 heteroatoms. The third kappa shape index (κ3) is 3.49. The van der Waals surface area contributed by atoms with Crippen LogP contribution in [0.15, 0.2) is 36.4 Å². The molecule has 0 aromatic heterocycles. The molecule has 0 amide bonds. The van der Waals surface area contributed by atoms with E-state index in [0.717, 1.165) is 29.6 Å². The maximum atomic E-state index is 5.97. The Morgan fingerprint density at radius 1 is 1.00 bits per heavy atom. The van der Waals surface area contributed by atoms with Gasteiger partial charge in [0.25, 0.3) is 0 Å². The van der Waals surface area contributed by atoms with Gasteiger partial charge in [-0.1, -0.05) is 23.7 Å². The van der Waals surface area contributed by atoms with Crippen LogP contribution in [0.5, 0.6) is 11.5 Å². The fraction of sp³-hybridized carbons (Fsp3) is 0.294. The summed E-state index contributed by atoms with van der Waals surface area (Å²) in [6, 6.07) is 12.1. The Balaban J connectivity index is 1.60. The smallest absolute Gasteiger partial charge is 0.161 e. The van der Waals surface area contributed by atoms with Crippen molar-refractivity contribution in [2.24, 2.45) is 0 Å². The molecule has 0 spiro atoms. The molecule has 2 aromatic rings. The van der Waals surface area contributed by atoms with Crippen LogP contribution in [0.1, 0.15) is 16.7 Å². The van der Waals surface area contributed by atoms with Crippen molar-refractivity contribution in [3.8, 4) is 11.5 Å². The second-order valence-corrected chi connectivity index (χ2v) is 5.59. The monoisotopic (exact) mass is 303 g/mol. The molecule has 1 aliphatic rings. The second kappa shape index (κ2) is 6.37. The van der Waals surface area contributed by atoms with Gasteiger partial charge >= 0.3 is 0 Å². The lowest BCUT2D eigenvalue weighted by Gasteiger charge is -2.19. The van der Waals surface area contributed by atoms with Crippen LogP contribution in [0.25, 0.3) is 0 Å². The Morgan fingerprint density at radius 3 is 2.62 bits per heavy atom. The Kier molecular flexibility index (Phi) is 4.32. The number of rotatable bonds is 4. The molecular formula is C17H18ClNO2. The molecule has 0 bridgehead atoms. The van der Waals surface area contributed by atoms with E-state index in [4.69, 9.17) is 21.1 Å². The van der Waals surface area contributed by atoms with Crippen molar-refractivity contribution >= 4 is 11.6 Å². The van der Waals surface area contributed by atoms with Gasteiger partial charge in [0.15, 0.2) is 11.5 Å². The molecule has 1 heterocycles. The first-order chi connectivity index (χ1) is 10.2. The van der Waals surface area contributed by atoms with E-state index in [1.54, 1.807) is 0 Å². The summed E-state index contributed by atoms with van der Waals surface area (Å²) in [6.07, 6.45) is 0. The molecule has 1 N–H and O–H groups in total. The van der Waals surface area contributed by atoms with Crippen molar-refractivity contribution in [2.75, 3.05) is 13.2 Å². The highest BCUT2D eigenvalue weighted by molar-refractivity contribution is 6.30. The summed E-state index contributed by atoms with van der Waals surface area (Å²) >= 11 is 5.97. The Hall–Kier alpha value is -1.71. The van der Waals surface area contributed by atoms with Crippen LogP contribution in [0.2, 0.25) is 5.02 Å². The molecule has 110 valence electrons. The number of fused-ring (bicyclic) bond motifs is 1. The van der Waals surface area contributed by atoms with E-state index in [2.05, 4.69) is 24.4 Å². The van der Waals surface area contributed by atoms with E-state index in [1.807, 2.05) is 24.3 Å². The highest BCUT2D eigenvalue weighted by atomic mass is 35.5. The van der Waals surface area contributed by atoms with Gasteiger partial charge in [-0.15, -0.1) is 0 Å². The molecule has 0 saturated carbocycles. The van der Waals surface area contributed by atoms with Crippen LogP contribution in [0.3, 0.4) is 0 Å². The largest absolute Gasteiger partial charge is 0.486 e. The predicted molar refractivity (Wildman–Crippen MR) is 84.2 cm³/mol. The normalized spacial score (nSPS) is 13.2. The minimum atomic E-state index is 0.619. The van der Waals surface area contributed by atoms with E-state index in [1.165, 1.54) is 16.7 Å². The van der Waals surface area contributed by atoms with Crippen LogP contribution in [-0.2, 0) is 13.1 Å². The minimum absolute atomic E-state index is 0.619. The first-order valence-electron chi connectivity index (χ1n) is 7.06. The summed E-state index contributed by atoms with van der Waals surface area (Å²) in [7, 11) is 0. The van der Waals surface area contributed by atoms with Gasteiger partial charge in [-0.3, -0.25) is 0 Å². The van der Waals surface area contributed by atoms with Gasteiger partial charge in [0, 0.05) is 18.1 Å². The van der Waals surface area contributed by atoms with Gasteiger partial charge in [0.1, 0.15) is 13.2 Å². The van der Waals surface area contributed by atoms with Crippen molar-refractivity contribution in [3.63, 3.8) is 0 Å². The van der Waals surface area contributed by atoms with Crippen LogP contribution in [0.4, 0.5) is 0 Å². The molecule has 3 rings (SSSR count). The lowest BCUT2D eigenvalue weighted by Crippen LogP contribution is -2.17. The second-order valence-electron chi connectivity index (χ2n) is 5.15. The molecule has 2 aromatic carbocycles. The molecule has 0 aliphatic carbocycles. The van der Waals surface area contributed by atoms with Crippen molar-refractivity contribution in [1.82, 2.24) is 5.32 Å². The lowest BCUT2D eigenvalue weighted by atomic mass is 10.1. The highest BCUT2D eigenvalue weighted by Gasteiger charge is 2.11. The molecule has 0 fully saturated rings. The summed E-state index contributed by atoms with van der Waals surface area (Å²) < 4.78 is 11.1. The Morgan fingerprint density at radius 2 is 1.81 bits per heavy atom. The van der Waals surface area contributed by atoms with E-state index in [0.29, 0.717) is 13.2 Å². The predicted octanol–water partition coefficient (Wildman–Crippen LogP) is 3.71. The molecule has 1 aliphatic heterocycles. The van der Waals surface area contributed by atoms with Gasteiger partial charge < -0.3 is 14.8 Å². The van der Waals surface area contributed by atoms with E-state index >= 15 is 0 Å². The van der Waals surface area contributed by atoms with Gasteiger partial charge in [0.05, 0.1) is 0 Å². The maximum absolute atomic E-state index is 5.97. The molecule has 3 nitrogen and oxygen atoms in total. The van der Waals surface area contributed by atoms with E-state index in [-0.39, 0.29) is 0 Å². The zero-order chi connectivity index (χ0) is 14.7. The van der Waals surface area contributed by atoms with Crippen molar-refractivity contribution < 1.29 is 9.47 Å². The summed E-state index contributed by atoms with van der Waals surface area (Å²) in [5.74, 6) is 1.67. The van der Waals surface area contributed by atoms with Gasteiger partial charge in [-0.05, 0) is 47.9 Å². The standard InChI is InChI=1S/C17H18ClNO2/c1-12-8-15(18)4-3-14(12)11-19-10-13-2-5-16-17(9-13)21-7-6-20-16/h2-5,8-9,19H,6-7,10-11H2,1H3. The van der Waals surface area contributed by atoms with Gasteiger partial charge in [-0.2, -0.15) is 0 Å². The molecule has 0 radical (unpaired) electrons. The topological polar surface area (TPSA) is 30.5 Å². The number of hydrogen-bond donors (Lipinski definition) is 1. The highest BCUT2D eigenvalue weighted by Crippen LogP contribution is 2.30. The van der Waals surface area contributed by atoms with Crippen molar-refractivity contribution in [2.45, 2.75) is 20.0 Å². The minimum Gasteiger partial charge on any atom is -0.486 e. The number of ether oxygens (including phenoxy) is 2. The quantitative estimate of drug-likeness (QED) is 0.934. The first kappa shape index (κ1) is 14.2. The summed E-state index contributed by atoms with van der Waals surface area (Å²) in [5, 5.41) is 4.23. The number of hydrogen-bond acceptors (Lipinski definition) is 3. The number of nitrogens with one attached hydrogen (secondary N) is 1. The average Bonchev–Trinajstić information content (AvgIpc) is 2.49. The van der Waals surface area contributed by atoms with Crippen LogP contribution < -0.4 is 14.8 Å². The SMILES string of the molecule is Cc1cc(Cl)ccc1CNCc1ccc2c(c1)OCCO2. The van der Waals surface area contributed by atoms with Gasteiger partial charge in [0.2, 0.25) is 0 Å². The number of halogens is 1. The van der Waals surface area contributed by atoms with Gasteiger partial charge in [-0.25, -0.2) is 0 Å². The zero-order valence-corrected chi connectivity index (χ0v) is 12.7. The average molecular weight is 304 g/mol. The van der Waals surface area contributed by atoms with Crippen LogP contribution in [0, 0.1) is 6.92 Å². The first-order valence-corrected chi connectivity index (χ1v) is 7.44. The van der Waals surface area contributed by atoms with E-state index in [9.17, 15) is 0 Å². The molecule has 0 unspecified atom stereocenters. The lowest BCUT2D eigenvalue weighted by molar-refractivity contribution is 0.171. The number of aryl methyl sites for hydroxylation is 1. The Bertz CT molecular complexity index is 643. The number of benzene rings is 2. The van der Waals surface area contributed by atoms with Crippen LogP contribution >= 0.6 is 11.6 Å². The fourth-order valence-corrected chi connectivity index (χ4v) is 2.62. The van der Waals surface area contributed by atoms with Crippen molar-refractivity contribution in [1.29, 1.82) is 0 Å². The molecular weight excluding hydrogens is 286 g/mol. The Labute approximate surface area is 129 Å². The molecule has 0 saturated heterocycles. The summed E-state index contributed by atoms with van der Waals surface area (Å²) in [4.78, 5) is 0. The molecule has 21 heavy (non-hydrogen) atoms. The van der Waals surface area contributed by atoms with Crippen LogP contribution in [-0.4, -0.2) is 13.2 Å². The third-order valence-corrected chi connectivity index (χ3v) is 3.79. The van der Waals surface area contributed by atoms with Crippen molar-refractivity contribution in [3.05, 3.63) is 58.1 Å². The molecule has 0 atom stereocenters. The van der Waals surface area contributed by atoms with E-state index < -0.39 is 0 Å².